The highest BCUT2D eigenvalue weighted by atomic mass is 15.2. The van der Waals surface area contributed by atoms with E-state index in [1.165, 1.54) is 12.3 Å². The molecule has 0 aromatic heterocycles. The third-order valence-corrected chi connectivity index (χ3v) is 2.14. The molecule has 84 valence electrons. The molecule has 0 saturated carbocycles. The first-order valence-electron chi connectivity index (χ1n) is 5.86. The molecule has 0 fully saturated rings. The van der Waals surface area contributed by atoms with Crippen molar-refractivity contribution in [3.8, 4) is 0 Å². The van der Waals surface area contributed by atoms with Crippen LogP contribution in [0.4, 0.5) is 0 Å². The topological polar surface area (TPSA) is 15.6 Å². The fourth-order valence-corrected chi connectivity index (χ4v) is 1.59. The zero-order valence-corrected chi connectivity index (χ0v) is 10.7. The van der Waals surface area contributed by atoms with Gasteiger partial charge in [-0.2, -0.15) is 0 Å². The number of amidine groups is 1. The van der Waals surface area contributed by atoms with Gasteiger partial charge in [0.05, 0.1) is 5.84 Å². The second kappa shape index (κ2) is 6.86. The van der Waals surface area contributed by atoms with Crippen molar-refractivity contribution in [3.63, 3.8) is 0 Å². The van der Waals surface area contributed by atoms with Crippen molar-refractivity contribution in [2.45, 2.75) is 66.5 Å². The van der Waals surface area contributed by atoms with Crippen molar-refractivity contribution in [3.05, 3.63) is 0 Å². The van der Waals surface area contributed by atoms with Crippen molar-refractivity contribution in [1.82, 2.24) is 4.90 Å². The maximum atomic E-state index is 4.68. The summed E-state index contributed by atoms with van der Waals surface area (Å²) in [5.41, 5.74) is 0. The maximum absolute atomic E-state index is 4.68. The Bertz CT molecular complexity index is 171. The molecule has 0 bridgehead atoms. The maximum Gasteiger partial charge on any atom is 0.0991 e. The third kappa shape index (κ3) is 4.64. The zero-order chi connectivity index (χ0) is 11.1. The van der Waals surface area contributed by atoms with Crippen LogP contribution in [0, 0.1) is 0 Å². The summed E-state index contributed by atoms with van der Waals surface area (Å²) < 4.78 is 0. The van der Waals surface area contributed by atoms with Crippen molar-refractivity contribution in [2.75, 3.05) is 6.54 Å². The zero-order valence-electron chi connectivity index (χ0n) is 10.7. The lowest BCUT2D eigenvalue weighted by atomic mass is 10.2. The summed E-state index contributed by atoms with van der Waals surface area (Å²) in [6.45, 7) is 14.3. The second-order valence-corrected chi connectivity index (χ2v) is 4.28. The van der Waals surface area contributed by atoms with Gasteiger partial charge in [0.2, 0.25) is 0 Å². The Morgan fingerprint density at radius 2 is 1.71 bits per heavy atom. The highest BCUT2D eigenvalue weighted by molar-refractivity contribution is 5.82. The number of rotatable bonds is 5. The predicted molar refractivity (Wildman–Crippen MR) is 65.0 cm³/mol. The summed E-state index contributed by atoms with van der Waals surface area (Å²) in [7, 11) is 0. The van der Waals surface area contributed by atoms with Gasteiger partial charge in [-0.1, -0.05) is 13.8 Å². The van der Waals surface area contributed by atoms with Gasteiger partial charge in [-0.15, -0.1) is 0 Å². The lowest BCUT2D eigenvalue weighted by Gasteiger charge is -2.30. The van der Waals surface area contributed by atoms with Crippen molar-refractivity contribution < 1.29 is 0 Å². The number of hydrogen-bond donors (Lipinski definition) is 0. The normalized spacial score (nSPS) is 12.7. The van der Waals surface area contributed by atoms with Crippen molar-refractivity contribution in [1.29, 1.82) is 0 Å². The van der Waals surface area contributed by atoms with Crippen molar-refractivity contribution in [2.24, 2.45) is 4.99 Å². The number of nitrogens with zero attached hydrogens (tertiary/aromatic N) is 2. The molecular weight excluding hydrogens is 172 g/mol. The quantitative estimate of drug-likeness (QED) is 0.489. The van der Waals surface area contributed by atoms with Crippen LogP contribution in [-0.2, 0) is 0 Å². The van der Waals surface area contributed by atoms with Crippen LogP contribution in [-0.4, -0.2) is 29.4 Å². The summed E-state index contributed by atoms with van der Waals surface area (Å²) in [6.07, 6.45) is 2.23. The van der Waals surface area contributed by atoms with Gasteiger partial charge in [0.1, 0.15) is 0 Å². The molecule has 0 aliphatic rings. The Labute approximate surface area is 89.4 Å². The van der Waals surface area contributed by atoms with Crippen LogP contribution < -0.4 is 0 Å². The average molecular weight is 198 g/mol. The number of aliphatic imine (C=N–C) groups is 1. The second-order valence-electron chi connectivity index (χ2n) is 4.28. The smallest absolute Gasteiger partial charge is 0.0991 e. The van der Waals surface area contributed by atoms with Gasteiger partial charge >= 0.3 is 0 Å². The summed E-state index contributed by atoms with van der Waals surface area (Å²) in [6, 6.07) is 0.968. The first-order chi connectivity index (χ1) is 6.52. The van der Waals surface area contributed by atoms with Gasteiger partial charge in [-0.25, -0.2) is 0 Å². The standard InChI is InChI=1S/C12H26N2/c1-7-9-14(11(5)6)12(8-2)13-10(3)4/h10-11H,7-9H2,1-6H3/b13-12+. The summed E-state index contributed by atoms with van der Waals surface area (Å²) in [5, 5.41) is 0. The van der Waals surface area contributed by atoms with Crippen LogP contribution in [0.2, 0.25) is 0 Å². The van der Waals surface area contributed by atoms with Gasteiger partial charge < -0.3 is 4.90 Å². The average Bonchev–Trinajstić information content (AvgIpc) is 2.10. The molecule has 0 spiro atoms. The molecule has 0 atom stereocenters. The van der Waals surface area contributed by atoms with E-state index in [4.69, 9.17) is 0 Å². The third-order valence-electron chi connectivity index (χ3n) is 2.14. The van der Waals surface area contributed by atoms with E-state index in [1.54, 1.807) is 0 Å². The molecule has 2 nitrogen and oxygen atoms in total. The summed E-state index contributed by atoms with van der Waals surface area (Å²) >= 11 is 0. The summed E-state index contributed by atoms with van der Waals surface area (Å²) in [4.78, 5) is 7.09. The SMILES string of the molecule is CCCN(/C(CC)=N/C(C)C)C(C)C. The lowest BCUT2D eigenvalue weighted by Crippen LogP contribution is -2.37. The monoisotopic (exact) mass is 198 g/mol. The van der Waals surface area contributed by atoms with Crippen LogP contribution >= 0.6 is 0 Å². The van der Waals surface area contributed by atoms with Gasteiger partial charge in [-0.05, 0) is 34.1 Å². The lowest BCUT2D eigenvalue weighted by molar-refractivity contribution is 0.341. The van der Waals surface area contributed by atoms with Crippen LogP contribution in [0.3, 0.4) is 0 Å². The van der Waals surface area contributed by atoms with Gasteiger partial charge in [0.15, 0.2) is 0 Å². The molecule has 0 N–H and O–H groups in total. The molecule has 0 saturated heterocycles. The fourth-order valence-electron chi connectivity index (χ4n) is 1.59. The Morgan fingerprint density at radius 3 is 2.00 bits per heavy atom. The molecule has 0 amide bonds. The largest absolute Gasteiger partial charge is 0.358 e. The van der Waals surface area contributed by atoms with Crippen molar-refractivity contribution >= 4 is 5.84 Å². The minimum Gasteiger partial charge on any atom is -0.358 e. The van der Waals surface area contributed by atoms with Crippen LogP contribution in [0.1, 0.15) is 54.4 Å². The molecule has 14 heavy (non-hydrogen) atoms. The van der Waals surface area contributed by atoms with Crippen LogP contribution in [0.25, 0.3) is 0 Å². The minimum absolute atomic E-state index is 0.406. The molecule has 0 radical (unpaired) electrons. The van der Waals surface area contributed by atoms with E-state index in [0.717, 1.165) is 13.0 Å². The molecule has 0 aliphatic carbocycles. The Morgan fingerprint density at radius 1 is 1.14 bits per heavy atom. The van der Waals surface area contributed by atoms with E-state index in [-0.39, 0.29) is 0 Å². The molecule has 0 rings (SSSR count). The van der Waals surface area contributed by atoms with Gasteiger partial charge in [0.25, 0.3) is 0 Å². The molecule has 0 unspecified atom stereocenters. The molecule has 0 aliphatic heterocycles. The van der Waals surface area contributed by atoms with E-state index in [0.29, 0.717) is 12.1 Å². The van der Waals surface area contributed by atoms with Gasteiger partial charge in [0, 0.05) is 25.0 Å². The fraction of sp³-hybridized carbons (Fsp3) is 0.917. The highest BCUT2D eigenvalue weighted by Crippen LogP contribution is 2.06. The van der Waals surface area contributed by atoms with E-state index >= 15 is 0 Å². The van der Waals surface area contributed by atoms with E-state index in [2.05, 4.69) is 51.4 Å². The Balaban J connectivity index is 4.57. The van der Waals surface area contributed by atoms with Crippen LogP contribution in [0.15, 0.2) is 4.99 Å². The first-order valence-corrected chi connectivity index (χ1v) is 5.86. The molecule has 0 aromatic carbocycles. The highest BCUT2D eigenvalue weighted by Gasteiger charge is 2.12. The number of hydrogen-bond acceptors (Lipinski definition) is 1. The predicted octanol–water partition coefficient (Wildman–Crippen LogP) is 3.32. The molecule has 0 aromatic rings. The Kier molecular flexibility index (Phi) is 6.60. The van der Waals surface area contributed by atoms with E-state index < -0.39 is 0 Å². The molecule has 2 heteroatoms. The molecular formula is C12H26N2. The van der Waals surface area contributed by atoms with E-state index in [9.17, 15) is 0 Å². The first kappa shape index (κ1) is 13.5. The minimum atomic E-state index is 0.406. The van der Waals surface area contributed by atoms with Gasteiger partial charge in [-0.3, -0.25) is 4.99 Å². The molecule has 0 heterocycles. The summed E-state index contributed by atoms with van der Waals surface area (Å²) in [5.74, 6) is 1.26. The van der Waals surface area contributed by atoms with Crippen LogP contribution in [0.5, 0.6) is 0 Å². The van der Waals surface area contributed by atoms with E-state index in [1.807, 2.05) is 0 Å². The Hall–Kier alpha value is -0.530.